The number of urea groups is 1. The van der Waals surface area contributed by atoms with Gasteiger partial charge in [-0.05, 0) is 37.3 Å². The maximum atomic E-state index is 12.6. The molecule has 1 atom stereocenters. The van der Waals surface area contributed by atoms with Gasteiger partial charge in [-0.15, -0.1) is 0 Å². The number of aliphatic hydroxyl groups excluding tert-OH is 1. The molecule has 0 bridgehead atoms. The second-order valence-electron chi connectivity index (χ2n) is 6.11. The molecule has 1 aliphatic rings. The van der Waals surface area contributed by atoms with Gasteiger partial charge in [-0.3, -0.25) is 0 Å². The number of aromatic nitrogens is 2. The second kappa shape index (κ2) is 7.97. The Bertz CT molecular complexity index is 655. The number of carbonyl (C=O) groups is 1. The molecule has 3 rings (SSSR count). The number of piperidine rings is 1. The van der Waals surface area contributed by atoms with Crippen LogP contribution in [0.25, 0.3) is 5.69 Å². The highest BCUT2D eigenvalue weighted by Gasteiger charge is 2.26. The molecule has 0 spiro atoms. The Morgan fingerprint density at radius 1 is 1.33 bits per heavy atom. The van der Waals surface area contributed by atoms with E-state index in [2.05, 4.69) is 10.3 Å². The van der Waals surface area contributed by atoms with E-state index in [1.165, 1.54) is 0 Å². The lowest BCUT2D eigenvalue weighted by Gasteiger charge is -2.35. The van der Waals surface area contributed by atoms with Gasteiger partial charge >= 0.3 is 6.03 Å². The number of amides is 2. The van der Waals surface area contributed by atoms with Gasteiger partial charge in [-0.2, -0.15) is 0 Å². The van der Waals surface area contributed by atoms with E-state index in [1.807, 2.05) is 39.9 Å². The van der Waals surface area contributed by atoms with E-state index in [1.54, 1.807) is 12.5 Å². The molecule has 1 saturated heterocycles. The fourth-order valence-corrected chi connectivity index (χ4v) is 3.30. The maximum Gasteiger partial charge on any atom is 0.317 e. The summed E-state index contributed by atoms with van der Waals surface area (Å²) in [6.45, 7) is 1.35. The van der Waals surface area contributed by atoms with Crippen LogP contribution in [0, 0.1) is 0 Å². The Balaban J connectivity index is 1.66. The van der Waals surface area contributed by atoms with Crippen molar-refractivity contribution in [1.29, 1.82) is 0 Å². The third kappa shape index (κ3) is 3.76. The molecule has 1 unspecified atom stereocenters. The van der Waals surface area contributed by atoms with Crippen LogP contribution >= 0.6 is 0 Å². The summed E-state index contributed by atoms with van der Waals surface area (Å²) < 4.78 is 1.94. The Hall–Kier alpha value is -2.34. The van der Waals surface area contributed by atoms with Crippen molar-refractivity contribution in [2.75, 3.05) is 13.2 Å². The number of para-hydroxylation sites is 1. The summed E-state index contributed by atoms with van der Waals surface area (Å²) >= 11 is 0. The van der Waals surface area contributed by atoms with Crippen LogP contribution in [0.1, 0.15) is 31.2 Å². The van der Waals surface area contributed by atoms with Gasteiger partial charge in [-0.1, -0.05) is 18.2 Å². The fourth-order valence-electron chi connectivity index (χ4n) is 3.30. The monoisotopic (exact) mass is 328 g/mol. The normalized spacial score (nSPS) is 17.7. The van der Waals surface area contributed by atoms with Crippen molar-refractivity contribution in [3.63, 3.8) is 0 Å². The minimum Gasteiger partial charge on any atom is -0.396 e. The largest absolute Gasteiger partial charge is 0.396 e. The highest BCUT2D eigenvalue weighted by atomic mass is 16.3. The molecule has 2 amide bonds. The number of benzene rings is 1. The van der Waals surface area contributed by atoms with Crippen LogP contribution in [0.4, 0.5) is 4.79 Å². The first-order valence-electron chi connectivity index (χ1n) is 8.51. The van der Waals surface area contributed by atoms with Crippen molar-refractivity contribution in [2.45, 2.75) is 38.3 Å². The van der Waals surface area contributed by atoms with Crippen molar-refractivity contribution in [1.82, 2.24) is 19.8 Å². The summed E-state index contributed by atoms with van der Waals surface area (Å²) in [5.74, 6) is 0. The molecule has 1 aliphatic heterocycles. The molecule has 6 nitrogen and oxygen atoms in total. The minimum absolute atomic E-state index is 0.0476. The van der Waals surface area contributed by atoms with Gasteiger partial charge in [-0.25, -0.2) is 9.78 Å². The van der Waals surface area contributed by atoms with Crippen LogP contribution in [0.3, 0.4) is 0 Å². The highest BCUT2D eigenvalue weighted by molar-refractivity contribution is 5.74. The Morgan fingerprint density at radius 3 is 3.00 bits per heavy atom. The highest BCUT2D eigenvalue weighted by Crippen LogP contribution is 2.20. The van der Waals surface area contributed by atoms with Crippen molar-refractivity contribution in [2.24, 2.45) is 0 Å². The molecule has 0 saturated carbocycles. The molecular formula is C18H24N4O2. The van der Waals surface area contributed by atoms with Gasteiger partial charge in [0.2, 0.25) is 0 Å². The van der Waals surface area contributed by atoms with E-state index in [0.29, 0.717) is 13.0 Å². The Labute approximate surface area is 142 Å². The second-order valence-corrected chi connectivity index (χ2v) is 6.11. The summed E-state index contributed by atoms with van der Waals surface area (Å²) in [6, 6.07) is 8.07. The number of aliphatic hydroxyl groups is 1. The molecule has 2 aromatic rings. The van der Waals surface area contributed by atoms with Crippen LogP contribution in [-0.2, 0) is 6.54 Å². The zero-order valence-electron chi connectivity index (χ0n) is 13.8. The molecular weight excluding hydrogens is 304 g/mol. The van der Waals surface area contributed by atoms with Gasteiger partial charge < -0.3 is 19.9 Å². The fraction of sp³-hybridized carbons (Fsp3) is 0.444. The van der Waals surface area contributed by atoms with Crippen LogP contribution < -0.4 is 5.32 Å². The van der Waals surface area contributed by atoms with Crippen LogP contribution in [0.2, 0.25) is 0 Å². The number of nitrogens with one attached hydrogen (secondary N) is 1. The molecule has 6 heteroatoms. The van der Waals surface area contributed by atoms with Gasteiger partial charge in [0, 0.05) is 38.1 Å². The van der Waals surface area contributed by atoms with Crippen LogP contribution in [-0.4, -0.2) is 44.8 Å². The number of carbonyl (C=O) groups excluding carboxylic acids is 1. The van der Waals surface area contributed by atoms with Crippen LogP contribution in [0.15, 0.2) is 43.0 Å². The summed E-state index contributed by atoms with van der Waals surface area (Å²) in [7, 11) is 0. The van der Waals surface area contributed by atoms with Crippen LogP contribution in [0.5, 0.6) is 0 Å². The first-order chi connectivity index (χ1) is 11.8. The SMILES string of the molecule is O=C(NCc1ccccc1-n1ccnc1)N1CCCCC1CCO. The van der Waals surface area contributed by atoms with E-state index >= 15 is 0 Å². The molecule has 128 valence electrons. The van der Waals surface area contributed by atoms with E-state index in [0.717, 1.165) is 37.1 Å². The van der Waals surface area contributed by atoms with Gasteiger partial charge in [0.05, 0.1) is 12.0 Å². The van der Waals surface area contributed by atoms with Crippen molar-refractivity contribution in [3.05, 3.63) is 48.5 Å². The van der Waals surface area contributed by atoms with E-state index in [4.69, 9.17) is 0 Å². The summed E-state index contributed by atoms with van der Waals surface area (Å²) in [5.41, 5.74) is 2.06. The number of rotatable bonds is 5. The maximum absolute atomic E-state index is 12.6. The lowest BCUT2D eigenvalue weighted by Crippen LogP contribution is -2.48. The first kappa shape index (κ1) is 16.5. The average molecular weight is 328 g/mol. The topological polar surface area (TPSA) is 70.4 Å². The van der Waals surface area contributed by atoms with Crippen molar-refractivity contribution >= 4 is 6.03 Å². The molecule has 1 aromatic heterocycles. The number of likely N-dealkylation sites (tertiary alicyclic amines) is 1. The molecule has 2 heterocycles. The zero-order chi connectivity index (χ0) is 16.8. The van der Waals surface area contributed by atoms with Gasteiger partial charge in [0.15, 0.2) is 0 Å². The molecule has 24 heavy (non-hydrogen) atoms. The first-order valence-corrected chi connectivity index (χ1v) is 8.51. The summed E-state index contributed by atoms with van der Waals surface area (Å²) in [5, 5.41) is 12.2. The molecule has 0 aliphatic carbocycles. The van der Waals surface area contributed by atoms with Gasteiger partial charge in [0.1, 0.15) is 0 Å². The van der Waals surface area contributed by atoms with Crippen molar-refractivity contribution < 1.29 is 9.90 Å². The summed E-state index contributed by atoms with van der Waals surface area (Å²) in [4.78, 5) is 18.5. The standard InChI is InChI=1S/C18H24N4O2/c23-12-8-16-6-3-4-10-22(16)18(24)20-13-15-5-1-2-7-17(15)21-11-9-19-14-21/h1-2,5,7,9,11,14,16,23H,3-4,6,8,10,12-13H2,(H,20,24). The predicted octanol–water partition coefficient (Wildman–Crippen LogP) is 2.32. The number of nitrogens with zero attached hydrogens (tertiary/aromatic N) is 3. The Kier molecular flexibility index (Phi) is 5.48. The smallest absolute Gasteiger partial charge is 0.317 e. The van der Waals surface area contributed by atoms with Gasteiger partial charge in [0.25, 0.3) is 0 Å². The van der Waals surface area contributed by atoms with Crippen molar-refractivity contribution in [3.8, 4) is 5.69 Å². The average Bonchev–Trinajstić information content (AvgIpc) is 3.15. The van der Waals surface area contributed by atoms with E-state index < -0.39 is 0 Å². The molecule has 0 radical (unpaired) electrons. The lowest BCUT2D eigenvalue weighted by atomic mass is 10.0. The number of imidazole rings is 1. The van der Waals surface area contributed by atoms with E-state index in [9.17, 15) is 9.90 Å². The molecule has 1 aromatic carbocycles. The number of hydrogen-bond donors (Lipinski definition) is 2. The lowest BCUT2D eigenvalue weighted by molar-refractivity contribution is 0.131. The van der Waals surface area contributed by atoms with E-state index in [-0.39, 0.29) is 18.7 Å². The minimum atomic E-state index is -0.0476. The zero-order valence-corrected chi connectivity index (χ0v) is 13.8. The third-order valence-corrected chi connectivity index (χ3v) is 4.55. The Morgan fingerprint density at radius 2 is 2.21 bits per heavy atom. The summed E-state index contributed by atoms with van der Waals surface area (Å²) in [6.07, 6.45) is 9.16. The predicted molar refractivity (Wildman–Crippen MR) is 91.8 cm³/mol. The quantitative estimate of drug-likeness (QED) is 0.885. The molecule has 1 fully saturated rings. The molecule has 2 N–H and O–H groups in total. The number of hydrogen-bond acceptors (Lipinski definition) is 3. The third-order valence-electron chi connectivity index (χ3n) is 4.55.